The average Bonchev–Trinajstić information content (AvgIpc) is 2.76. The van der Waals surface area contributed by atoms with Gasteiger partial charge in [-0.2, -0.15) is 8.78 Å². The number of halogens is 2. The van der Waals surface area contributed by atoms with Crippen LogP contribution in [0.15, 0.2) is 54.6 Å². The number of alkyl halides is 2. The zero-order chi connectivity index (χ0) is 21.3. The molecule has 30 heavy (non-hydrogen) atoms. The largest absolute Gasteiger partial charge is 0.435 e. The molecule has 1 aliphatic heterocycles. The molecule has 2 aromatic carbocycles. The van der Waals surface area contributed by atoms with Crippen molar-refractivity contribution in [2.24, 2.45) is 0 Å². The van der Waals surface area contributed by atoms with E-state index in [1.165, 1.54) is 30.0 Å². The maximum Gasteiger partial charge on any atom is 0.387 e. The van der Waals surface area contributed by atoms with E-state index in [0.29, 0.717) is 6.54 Å². The van der Waals surface area contributed by atoms with Crippen LogP contribution in [0.3, 0.4) is 0 Å². The lowest BCUT2D eigenvalue weighted by Gasteiger charge is -2.36. The first kappa shape index (κ1) is 21.5. The van der Waals surface area contributed by atoms with E-state index in [2.05, 4.69) is 37.5 Å². The van der Waals surface area contributed by atoms with Gasteiger partial charge in [-0.1, -0.05) is 24.3 Å². The first-order valence-electron chi connectivity index (χ1n) is 9.67. The van der Waals surface area contributed by atoms with Crippen molar-refractivity contribution in [2.75, 3.05) is 37.6 Å². The topological polar surface area (TPSA) is 73.9 Å². The molecule has 0 spiro atoms. The van der Waals surface area contributed by atoms with Gasteiger partial charge >= 0.3 is 6.61 Å². The molecule has 1 fully saturated rings. The number of nitrogens with zero attached hydrogens (tertiary/aromatic N) is 2. The standard InChI is InChI=1S/C21H24F2N4O3/c22-21(23)30-18-8-4-5-16(15-18)20(29)25-24-19(28)9-10-26-11-13-27(14-12-26)17-6-2-1-3-7-17/h1-8,15,21H,9-14H2,(H,24,28)(H,25,29). The van der Waals surface area contributed by atoms with Crippen molar-refractivity contribution in [1.29, 1.82) is 0 Å². The van der Waals surface area contributed by atoms with E-state index in [1.807, 2.05) is 18.2 Å². The van der Waals surface area contributed by atoms with E-state index in [0.717, 1.165) is 26.2 Å². The van der Waals surface area contributed by atoms with Crippen LogP contribution in [0.5, 0.6) is 5.75 Å². The van der Waals surface area contributed by atoms with Gasteiger partial charge in [-0.25, -0.2) is 0 Å². The molecule has 2 amide bonds. The second-order valence-corrected chi connectivity index (χ2v) is 6.82. The molecule has 0 bridgehead atoms. The fraction of sp³-hybridized carbons (Fsp3) is 0.333. The summed E-state index contributed by atoms with van der Waals surface area (Å²) in [5.74, 6) is -1.06. The number of hydrazine groups is 1. The van der Waals surface area contributed by atoms with Crippen LogP contribution < -0.4 is 20.5 Å². The highest BCUT2D eigenvalue weighted by atomic mass is 19.3. The molecule has 0 radical (unpaired) electrons. The van der Waals surface area contributed by atoms with Gasteiger partial charge in [0.1, 0.15) is 5.75 Å². The highest BCUT2D eigenvalue weighted by Gasteiger charge is 2.18. The maximum absolute atomic E-state index is 12.3. The number of hydrogen-bond acceptors (Lipinski definition) is 5. The van der Waals surface area contributed by atoms with Crippen molar-refractivity contribution in [2.45, 2.75) is 13.0 Å². The highest BCUT2D eigenvalue weighted by molar-refractivity contribution is 5.95. The molecule has 9 heteroatoms. The summed E-state index contributed by atoms with van der Waals surface area (Å²) in [6.45, 7) is 1.09. The number of benzene rings is 2. The van der Waals surface area contributed by atoms with Crippen molar-refractivity contribution in [1.82, 2.24) is 15.8 Å². The third-order valence-corrected chi connectivity index (χ3v) is 4.79. The Labute approximate surface area is 173 Å². The van der Waals surface area contributed by atoms with Gasteiger partial charge in [0, 0.05) is 50.4 Å². The molecule has 1 saturated heterocycles. The predicted octanol–water partition coefficient (Wildman–Crippen LogP) is 2.26. The van der Waals surface area contributed by atoms with E-state index >= 15 is 0 Å². The normalized spacial score (nSPS) is 14.4. The van der Waals surface area contributed by atoms with Gasteiger partial charge in [0.2, 0.25) is 5.91 Å². The van der Waals surface area contributed by atoms with Gasteiger partial charge in [-0.3, -0.25) is 25.3 Å². The number of anilines is 1. The fourth-order valence-corrected chi connectivity index (χ4v) is 3.20. The number of carbonyl (C=O) groups excluding carboxylic acids is 2. The summed E-state index contributed by atoms with van der Waals surface area (Å²) in [5.41, 5.74) is 5.94. The minimum atomic E-state index is -2.97. The summed E-state index contributed by atoms with van der Waals surface area (Å²) in [5, 5.41) is 0. The number of hydrogen-bond donors (Lipinski definition) is 2. The van der Waals surface area contributed by atoms with Crippen LogP contribution in [0.4, 0.5) is 14.5 Å². The molecular formula is C21H24F2N4O3. The lowest BCUT2D eigenvalue weighted by molar-refractivity contribution is -0.122. The van der Waals surface area contributed by atoms with E-state index in [1.54, 1.807) is 0 Å². The summed E-state index contributed by atoms with van der Waals surface area (Å²) in [6.07, 6.45) is 0.236. The number of rotatable bonds is 7. The van der Waals surface area contributed by atoms with Gasteiger partial charge < -0.3 is 9.64 Å². The molecule has 3 rings (SSSR count). The van der Waals surface area contributed by atoms with Crippen molar-refractivity contribution in [3.63, 3.8) is 0 Å². The Morgan fingerprint density at radius 2 is 1.70 bits per heavy atom. The third-order valence-electron chi connectivity index (χ3n) is 4.79. The molecule has 0 saturated carbocycles. The molecular weight excluding hydrogens is 394 g/mol. The van der Waals surface area contributed by atoms with Crippen LogP contribution in [-0.2, 0) is 4.79 Å². The minimum Gasteiger partial charge on any atom is -0.435 e. The Bertz CT molecular complexity index is 843. The van der Waals surface area contributed by atoms with E-state index < -0.39 is 12.5 Å². The second-order valence-electron chi connectivity index (χ2n) is 6.82. The Balaban J connectivity index is 1.37. The van der Waals surface area contributed by atoms with Crippen LogP contribution in [0.1, 0.15) is 16.8 Å². The van der Waals surface area contributed by atoms with Gasteiger partial charge in [0.15, 0.2) is 0 Å². The Morgan fingerprint density at radius 1 is 0.967 bits per heavy atom. The van der Waals surface area contributed by atoms with Crippen molar-refractivity contribution >= 4 is 17.5 Å². The molecule has 2 aromatic rings. The molecule has 1 heterocycles. The third kappa shape index (κ3) is 6.41. The summed E-state index contributed by atoms with van der Waals surface area (Å²) in [7, 11) is 0. The molecule has 7 nitrogen and oxygen atoms in total. The summed E-state index contributed by atoms with van der Waals surface area (Å²) in [4.78, 5) is 28.6. The first-order valence-corrected chi connectivity index (χ1v) is 9.67. The number of ether oxygens (including phenoxy) is 1. The predicted molar refractivity (Wildman–Crippen MR) is 108 cm³/mol. The molecule has 2 N–H and O–H groups in total. The zero-order valence-electron chi connectivity index (χ0n) is 16.4. The number of amides is 2. The summed E-state index contributed by atoms with van der Waals surface area (Å²) < 4.78 is 28.8. The maximum atomic E-state index is 12.3. The smallest absolute Gasteiger partial charge is 0.387 e. The Kier molecular flexibility index (Phi) is 7.56. The minimum absolute atomic E-state index is 0.102. The quantitative estimate of drug-likeness (QED) is 0.675. The Morgan fingerprint density at radius 3 is 2.40 bits per heavy atom. The molecule has 1 aliphatic rings. The number of carbonyl (C=O) groups is 2. The second kappa shape index (κ2) is 10.5. The highest BCUT2D eigenvalue weighted by Crippen LogP contribution is 2.16. The monoisotopic (exact) mass is 418 g/mol. The van der Waals surface area contributed by atoms with Crippen LogP contribution in [-0.4, -0.2) is 56.0 Å². The first-order chi connectivity index (χ1) is 14.5. The van der Waals surface area contributed by atoms with Gasteiger partial charge in [0.05, 0.1) is 0 Å². The zero-order valence-corrected chi connectivity index (χ0v) is 16.4. The van der Waals surface area contributed by atoms with Crippen molar-refractivity contribution in [3.05, 3.63) is 60.2 Å². The van der Waals surface area contributed by atoms with E-state index in [9.17, 15) is 18.4 Å². The fourth-order valence-electron chi connectivity index (χ4n) is 3.20. The molecule has 0 unspecified atom stereocenters. The van der Waals surface area contributed by atoms with E-state index in [4.69, 9.17) is 0 Å². The number of nitrogens with one attached hydrogen (secondary N) is 2. The lowest BCUT2D eigenvalue weighted by Crippen LogP contribution is -2.48. The summed E-state index contributed by atoms with van der Waals surface area (Å²) in [6, 6.07) is 15.5. The van der Waals surface area contributed by atoms with Crippen LogP contribution in [0, 0.1) is 0 Å². The van der Waals surface area contributed by atoms with Gasteiger partial charge in [0.25, 0.3) is 5.91 Å². The van der Waals surface area contributed by atoms with E-state index in [-0.39, 0.29) is 23.6 Å². The van der Waals surface area contributed by atoms with Crippen LogP contribution >= 0.6 is 0 Å². The van der Waals surface area contributed by atoms with Gasteiger partial charge in [-0.05, 0) is 30.3 Å². The average molecular weight is 418 g/mol. The summed E-state index contributed by atoms with van der Waals surface area (Å²) >= 11 is 0. The van der Waals surface area contributed by atoms with Crippen LogP contribution in [0.2, 0.25) is 0 Å². The molecule has 0 atom stereocenters. The van der Waals surface area contributed by atoms with Crippen molar-refractivity contribution < 1.29 is 23.1 Å². The van der Waals surface area contributed by atoms with Crippen LogP contribution in [0.25, 0.3) is 0 Å². The number of para-hydroxylation sites is 1. The molecule has 0 aliphatic carbocycles. The lowest BCUT2D eigenvalue weighted by atomic mass is 10.2. The molecule has 0 aromatic heterocycles. The van der Waals surface area contributed by atoms with Gasteiger partial charge in [-0.15, -0.1) is 0 Å². The molecule has 160 valence electrons. The SMILES string of the molecule is O=C(CCN1CCN(c2ccccc2)CC1)NNC(=O)c1cccc(OC(F)F)c1. The number of piperazine rings is 1. The van der Waals surface area contributed by atoms with Crippen molar-refractivity contribution in [3.8, 4) is 5.75 Å². The Hall–Kier alpha value is -3.20.